The number of aryl methyl sites for hydroxylation is 1. The highest BCUT2D eigenvalue weighted by Gasteiger charge is 2.04. The fourth-order valence-corrected chi connectivity index (χ4v) is 2.17. The van der Waals surface area contributed by atoms with Gasteiger partial charge in [0.2, 0.25) is 5.88 Å². The number of halogens is 1. The van der Waals surface area contributed by atoms with Gasteiger partial charge in [0.25, 0.3) is 0 Å². The minimum atomic E-state index is 0.601. The third-order valence-corrected chi connectivity index (χ3v) is 3.23. The molecule has 0 unspecified atom stereocenters. The average Bonchev–Trinajstić information content (AvgIpc) is 2.42. The van der Waals surface area contributed by atoms with Gasteiger partial charge in [-0.15, -0.1) is 0 Å². The molecule has 21 heavy (non-hydrogen) atoms. The van der Waals surface area contributed by atoms with Gasteiger partial charge in [-0.3, -0.25) is 0 Å². The Labute approximate surface area is 131 Å². The third kappa shape index (κ3) is 5.03. The molecule has 4 heteroatoms. The first kappa shape index (κ1) is 15.8. The van der Waals surface area contributed by atoms with Crippen LogP contribution in [0.2, 0.25) is 5.02 Å². The number of nitrogens with one attached hydrogen (secondary N) is 1. The van der Waals surface area contributed by atoms with Crippen LogP contribution in [-0.4, -0.2) is 11.5 Å². The lowest BCUT2D eigenvalue weighted by atomic mass is 10.2. The first-order valence-corrected chi connectivity index (χ1v) is 7.53. The predicted molar refractivity (Wildman–Crippen MR) is 87.0 cm³/mol. The van der Waals surface area contributed by atoms with Crippen LogP contribution in [-0.2, 0) is 6.54 Å². The van der Waals surface area contributed by atoms with E-state index in [0.29, 0.717) is 16.8 Å². The van der Waals surface area contributed by atoms with Crippen LogP contribution in [0.25, 0.3) is 0 Å². The molecular weight excluding hydrogens is 284 g/mol. The quantitative estimate of drug-likeness (QED) is 0.848. The van der Waals surface area contributed by atoms with Gasteiger partial charge in [-0.05, 0) is 49.2 Å². The Morgan fingerprint density at radius 3 is 2.76 bits per heavy atom. The van der Waals surface area contributed by atoms with Crippen LogP contribution in [0.5, 0.6) is 11.6 Å². The van der Waals surface area contributed by atoms with Crippen molar-refractivity contribution >= 4 is 11.6 Å². The summed E-state index contributed by atoms with van der Waals surface area (Å²) in [6.45, 7) is 8.06. The summed E-state index contributed by atoms with van der Waals surface area (Å²) in [6.07, 6.45) is 0. The lowest BCUT2D eigenvalue weighted by Crippen LogP contribution is -2.19. The van der Waals surface area contributed by atoms with Crippen molar-refractivity contribution in [2.45, 2.75) is 27.3 Å². The Morgan fingerprint density at radius 1 is 1.24 bits per heavy atom. The van der Waals surface area contributed by atoms with Crippen molar-refractivity contribution in [2.75, 3.05) is 6.54 Å². The second kappa shape index (κ2) is 7.43. The molecule has 0 radical (unpaired) electrons. The molecule has 0 saturated heterocycles. The van der Waals surface area contributed by atoms with E-state index >= 15 is 0 Å². The third-order valence-electron chi connectivity index (χ3n) is 2.99. The van der Waals surface area contributed by atoms with Crippen LogP contribution in [0.1, 0.15) is 25.1 Å². The van der Waals surface area contributed by atoms with E-state index in [-0.39, 0.29) is 0 Å². The minimum Gasteiger partial charge on any atom is -0.439 e. The fourth-order valence-electron chi connectivity index (χ4n) is 1.94. The Kier molecular flexibility index (Phi) is 5.59. The van der Waals surface area contributed by atoms with Crippen LogP contribution in [0.3, 0.4) is 0 Å². The lowest BCUT2D eigenvalue weighted by Gasteiger charge is -2.10. The zero-order chi connectivity index (χ0) is 15.2. The molecule has 112 valence electrons. The molecule has 0 fully saturated rings. The summed E-state index contributed by atoms with van der Waals surface area (Å²) in [7, 11) is 0. The van der Waals surface area contributed by atoms with Crippen molar-refractivity contribution in [3.05, 3.63) is 52.7 Å². The normalized spacial score (nSPS) is 10.9. The van der Waals surface area contributed by atoms with Gasteiger partial charge in [0, 0.05) is 17.6 Å². The maximum Gasteiger partial charge on any atom is 0.219 e. The molecule has 0 aliphatic carbocycles. The molecule has 1 N–H and O–H groups in total. The van der Waals surface area contributed by atoms with Crippen LogP contribution in [0, 0.1) is 12.8 Å². The Hall–Kier alpha value is -1.58. The lowest BCUT2D eigenvalue weighted by molar-refractivity contribution is 0.455. The molecule has 0 atom stereocenters. The monoisotopic (exact) mass is 304 g/mol. The maximum absolute atomic E-state index is 5.95. The predicted octanol–water partition coefficient (Wildman–Crippen LogP) is 4.58. The zero-order valence-corrected chi connectivity index (χ0v) is 13.4. The second-order valence-corrected chi connectivity index (χ2v) is 5.94. The van der Waals surface area contributed by atoms with E-state index in [9.17, 15) is 0 Å². The van der Waals surface area contributed by atoms with Gasteiger partial charge >= 0.3 is 0 Å². The van der Waals surface area contributed by atoms with Crippen LogP contribution >= 0.6 is 11.6 Å². The molecular formula is C17H21ClN2O. The highest BCUT2D eigenvalue weighted by atomic mass is 35.5. The second-order valence-electron chi connectivity index (χ2n) is 5.50. The topological polar surface area (TPSA) is 34.1 Å². The van der Waals surface area contributed by atoms with Crippen molar-refractivity contribution in [3.63, 3.8) is 0 Å². The number of benzene rings is 1. The molecule has 0 saturated carbocycles. The molecule has 3 nitrogen and oxygen atoms in total. The molecule has 2 aromatic rings. The number of hydrogen-bond donors (Lipinski definition) is 1. The van der Waals surface area contributed by atoms with Crippen molar-refractivity contribution in [3.8, 4) is 11.6 Å². The molecule has 0 amide bonds. The molecule has 1 aromatic carbocycles. The summed E-state index contributed by atoms with van der Waals surface area (Å²) in [5.41, 5.74) is 1.97. The Bertz CT molecular complexity index is 599. The summed E-state index contributed by atoms with van der Waals surface area (Å²) < 4.78 is 5.83. The molecule has 1 heterocycles. The van der Waals surface area contributed by atoms with Crippen LogP contribution in [0.15, 0.2) is 36.4 Å². The highest BCUT2D eigenvalue weighted by molar-refractivity contribution is 6.30. The van der Waals surface area contributed by atoms with Crippen LogP contribution < -0.4 is 10.1 Å². The van der Waals surface area contributed by atoms with Gasteiger partial charge in [0.15, 0.2) is 0 Å². The Balaban J connectivity index is 2.03. The number of nitrogens with zero attached hydrogens (tertiary/aromatic N) is 1. The first-order valence-electron chi connectivity index (χ1n) is 7.15. The number of ether oxygens (including phenoxy) is 1. The van der Waals surface area contributed by atoms with Crippen molar-refractivity contribution < 1.29 is 4.74 Å². The molecule has 0 aliphatic heterocycles. The number of pyridine rings is 1. The van der Waals surface area contributed by atoms with E-state index in [4.69, 9.17) is 16.3 Å². The molecule has 1 aromatic heterocycles. The van der Waals surface area contributed by atoms with E-state index < -0.39 is 0 Å². The first-order chi connectivity index (χ1) is 10.0. The molecule has 0 aliphatic rings. The van der Waals surface area contributed by atoms with Gasteiger partial charge in [0.1, 0.15) is 5.75 Å². The van der Waals surface area contributed by atoms with E-state index in [1.165, 1.54) is 0 Å². The average molecular weight is 305 g/mol. The highest BCUT2D eigenvalue weighted by Crippen LogP contribution is 2.26. The summed E-state index contributed by atoms with van der Waals surface area (Å²) in [6, 6.07) is 11.4. The van der Waals surface area contributed by atoms with Gasteiger partial charge in [-0.25, -0.2) is 4.98 Å². The van der Waals surface area contributed by atoms with Crippen molar-refractivity contribution in [1.29, 1.82) is 0 Å². The van der Waals surface area contributed by atoms with Gasteiger partial charge in [0.05, 0.1) is 5.69 Å². The maximum atomic E-state index is 5.95. The Morgan fingerprint density at radius 2 is 2.05 bits per heavy atom. The van der Waals surface area contributed by atoms with Gasteiger partial charge in [-0.1, -0.05) is 31.5 Å². The summed E-state index contributed by atoms with van der Waals surface area (Å²) in [5.74, 6) is 2.00. The summed E-state index contributed by atoms with van der Waals surface area (Å²) in [5, 5.41) is 4.08. The number of aromatic nitrogens is 1. The smallest absolute Gasteiger partial charge is 0.219 e. The van der Waals surface area contributed by atoms with E-state index in [2.05, 4.69) is 24.1 Å². The SMILES string of the molecule is Cc1cc(Cl)ccc1Oc1cccc(CNCC(C)C)n1. The minimum absolute atomic E-state index is 0.601. The molecule has 0 bridgehead atoms. The van der Waals surface area contributed by atoms with E-state index in [1.807, 2.05) is 43.3 Å². The van der Waals surface area contributed by atoms with Crippen molar-refractivity contribution in [1.82, 2.24) is 10.3 Å². The van der Waals surface area contributed by atoms with Gasteiger partial charge in [-0.2, -0.15) is 0 Å². The zero-order valence-electron chi connectivity index (χ0n) is 12.7. The van der Waals surface area contributed by atoms with Crippen LogP contribution in [0.4, 0.5) is 0 Å². The number of rotatable bonds is 6. The fraction of sp³-hybridized carbons (Fsp3) is 0.353. The number of hydrogen-bond acceptors (Lipinski definition) is 3. The molecule has 0 spiro atoms. The standard InChI is InChI=1S/C17H21ClN2O/c1-12(2)10-19-11-15-5-4-6-17(20-15)21-16-8-7-14(18)9-13(16)3/h4-9,12,19H,10-11H2,1-3H3. The van der Waals surface area contributed by atoms with E-state index in [0.717, 1.165) is 30.1 Å². The summed E-state index contributed by atoms with van der Waals surface area (Å²) >= 11 is 5.95. The van der Waals surface area contributed by atoms with E-state index in [1.54, 1.807) is 0 Å². The summed E-state index contributed by atoms with van der Waals surface area (Å²) in [4.78, 5) is 4.51. The largest absolute Gasteiger partial charge is 0.439 e. The van der Waals surface area contributed by atoms with Gasteiger partial charge < -0.3 is 10.1 Å². The molecule has 2 rings (SSSR count). The van der Waals surface area contributed by atoms with Crippen molar-refractivity contribution in [2.24, 2.45) is 5.92 Å².